The molecule has 0 saturated heterocycles. The molecule has 14 heavy (non-hydrogen) atoms. The van der Waals surface area contributed by atoms with E-state index in [-0.39, 0.29) is 0 Å². The second-order valence-electron chi connectivity index (χ2n) is 5.32. The fourth-order valence-corrected chi connectivity index (χ4v) is 1.60. The van der Waals surface area contributed by atoms with Crippen LogP contribution in [0.25, 0.3) is 0 Å². The van der Waals surface area contributed by atoms with E-state index in [1.54, 1.807) is 0 Å². The van der Waals surface area contributed by atoms with Crippen molar-refractivity contribution in [1.29, 1.82) is 0 Å². The standard InChI is InChI=1S/C12H22NO/c1-10(2)11-7-6-8-12(14,9-11)13(3,4)5/h6-8,10,14H,9H2,1-5H3/q+1. The van der Waals surface area contributed by atoms with Gasteiger partial charge in [0.15, 0.2) is 0 Å². The summed E-state index contributed by atoms with van der Waals surface area (Å²) < 4.78 is 0.549. The molecule has 2 nitrogen and oxygen atoms in total. The Kier molecular flexibility index (Phi) is 2.88. The molecule has 1 aliphatic carbocycles. The molecule has 0 saturated carbocycles. The number of rotatable bonds is 2. The van der Waals surface area contributed by atoms with Crippen molar-refractivity contribution in [2.75, 3.05) is 21.1 Å². The molecule has 80 valence electrons. The Labute approximate surface area is 87.1 Å². The van der Waals surface area contributed by atoms with Gasteiger partial charge in [0.1, 0.15) is 0 Å². The summed E-state index contributed by atoms with van der Waals surface area (Å²) in [6.45, 7) is 4.34. The zero-order chi connectivity index (χ0) is 11.0. The van der Waals surface area contributed by atoms with Gasteiger partial charge in [0.05, 0.1) is 27.6 Å². The molecule has 1 atom stereocenters. The summed E-state index contributed by atoms with van der Waals surface area (Å²) in [5, 5.41) is 10.5. The van der Waals surface area contributed by atoms with Gasteiger partial charge in [0.2, 0.25) is 5.72 Å². The van der Waals surface area contributed by atoms with Crippen LogP contribution in [0.15, 0.2) is 23.8 Å². The van der Waals surface area contributed by atoms with Gasteiger partial charge in [-0.05, 0) is 5.92 Å². The molecule has 1 aliphatic rings. The van der Waals surface area contributed by atoms with E-state index >= 15 is 0 Å². The van der Waals surface area contributed by atoms with Crippen LogP contribution >= 0.6 is 0 Å². The monoisotopic (exact) mass is 196 g/mol. The van der Waals surface area contributed by atoms with Crippen LogP contribution in [0.1, 0.15) is 20.3 Å². The highest BCUT2D eigenvalue weighted by atomic mass is 16.3. The number of hydrogen-bond acceptors (Lipinski definition) is 1. The first-order valence-corrected chi connectivity index (χ1v) is 5.18. The fraction of sp³-hybridized carbons (Fsp3) is 0.667. The molecule has 0 heterocycles. The highest BCUT2D eigenvalue weighted by Crippen LogP contribution is 2.32. The van der Waals surface area contributed by atoms with E-state index < -0.39 is 5.72 Å². The molecule has 0 aromatic carbocycles. The molecule has 0 spiro atoms. The van der Waals surface area contributed by atoms with Crippen LogP contribution in [0.5, 0.6) is 0 Å². The Balaban J connectivity index is 2.91. The number of quaternary nitrogens is 1. The largest absolute Gasteiger partial charge is 0.339 e. The van der Waals surface area contributed by atoms with Crippen LogP contribution in [0.4, 0.5) is 0 Å². The van der Waals surface area contributed by atoms with Gasteiger partial charge >= 0.3 is 0 Å². The maximum atomic E-state index is 10.5. The smallest absolute Gasteiger partial charge is 0.224 e. The van der Waals surface area contributed by atoms with Crippen molar-refractivity contribution in [1.82, 2.24) is 0 Å². The number of hydrogen-bond donors (Lipinski definition) is 1. The first-order valence-electron chi connectivity index (χ1n) is 5.18. The lowest BCUT2D eigenvalue weighted by Crippen LogP contribution is -2.56. The number of likely N-dealkylation sites (N-methyl/N-ethyl adjacent to an activating group) is 1. The number of nitrogens with zero attached hydrogens (tertiary/aromatic N) is 1. The van der Waals surface area contributed by atoms with Gasteiger partial charge in [-0.15, -0.1) is 0 Å². The molecule has 2 heteroatoms. The van der Waals surface area contributed by atoms with Crippen molar-refractivity contribution in [3.05, 3.63) is 23.8 Å². The Morgan fingerprint density at radius 1 is 1.36 bits per heavy atom. The molecule has 0 aromatic heterocycles. The average Bonchev–Trinajstić information content (AvgIpc) is 2.02. The summed E-state index contributed by atoms with van der Waals surface area (Å²) in [5.74, 6) is 0.512. The molecule has 0 aliphatic heterocycles. The Hall–Kier alpha value is -0.600. The zero-order valence-corrected chi connectivity index (χ0v) is 9.91. The van der Waals surface area contributed by atoms with Crippen molar-refractivity contribution in [2.24, 2.45) is 5.92 Å². The molecule has 0 fully saturated rings. The first kappa shape index (κ1) is 11.5. The molecular weight excluding hydrogens is 174 g/mol. The zero-order valence-electron chi connectivity index (χ0n) is 9.91. The van der Waals surface area contributed by atoms with Crippen molar-refractivity contribution in [2.45, 2.75) is 26.0 Å². The van der Waals surface area contributed by atoms with Gasteiger partial charge in [-0.1, -0.05) is 31.6 Å². The lowest BCUT2D eigenvalue weighted by atomic mass is 9.88. The quantitative estimate of drug-likeness (QED) is 0.528. The van der Waals surface area contributed by atoms with E-state index in [2.05, 4.69) is 19.9 Å². The van der Waals surface area contributed by atoms with Crippen LogP contribution in [0, 0.1) is 5.92 Å². The van der Waals surface area contributed by atoms with Gasteiger partial charge in [-0.25, -0.2) is 0 Å². The maximum Gasteiger partial charge on any atom is 0.224 e. The average molecular weight is 196 g/mol. The van der Waals surface area contributed by atoms with Crippen LogP contribution in [0.3, 0.4) is 0 Å². The lowest BCUT2D eigenvalue weighted by molar-refractivity contribution is -0.941. The van der Waals surface area contributed by atoms with Gasteiger partial charge in [-0.2, -0.15) is 0 Å². The summed E-state index contributed by atoms with van der Waals surface area (Å²) >= 11 is 0. The molecular formula is C12H22NO+. The Morgan fingerprint density at radius 2 is 1.93 bits per heavy atom. The van der Waals surface area contributed by atoms with Crippen molar-refractivity contribution in [3.63, 3.8) is 0 Å². The highest BCUT2D eigenvalue weighted by Gasteiger charge is 2.40. The Morgan fingerprint density at radius 3 is 2.36 bits per heavy atom. The van der Waals surface area contributed by atoms with Crippen LogP contribution in [-0.2, 0) is 0 Å². The van der Waals surface area contributed by atoms with Crippen LogP contribution in [0.2, 0.25) is 0 Å². The van der Waals surface area contributed by atoms with E-state index in [9.17, 15) is 5.11 Å². The van der Waals surface area contributed by atoms with E-state index in [4.69, 9.17) is 0 Å². The predicted molar refractivity (Wildman–Crippen MR) is 59.7 cm³/mol. The van der Waals surface area contributed by atoms with Crippen molar-refractivity contribution in [3.8, 4) is 0 Å². The van der Waals surface area contributed by atoms with Crippen molar-refractivity contribution >= 4 is 0 Å². The van der Waals surface area contributed by atoms with Gasteiger partial charge in [0.25, 0.3) is 0 Å². The third-order valence-corrected chi connectivity index (χ3v) is 3.04. The first-order chi connectivity index (χ1) is 6.26. The molecule has 0 aromatic rings. The van der Waals surface area contributed by atoms with Crippen LogP contribution in [-0.4, -0.2) is 36.5 Å². The summed E-state index contributed by atoms with van der Waals surface area (Å²) in [7, 11) is 6.06. The van der Waals surface area contributed by atoms with Crippen molar-refractivity contribution < 1.29 is 9.59 Å². The van der Waals surface area contributed by atoms with E-state index in [0.29, 0.717) is 10.4 Å². The third-order valence-electron chi connectivity index (χ3n) is 3.04. The fourth-order valence-electron chi connectivity index (χ4n) is 1.60. The third kappa shape index (κ3) is 2.07. The predicted octanol–water partition coefficient (Wildman–Crippen LogP) is 1.92. The Bertz CT molecular complexity index is 271. The molecule has 1 unspecified atom stereocenters. The van der Waals surface area contributed by atoms with Gasteiger partial charge in [0, 0.05) is 6.08 Å². The second kappa shape index (κ2) is 3.52. The van der Waals surface area contributed by atoms with Gasteiger partial charge < -0.3 is 5.11 Å². The summed E-state index contributed by atoms with van der Waals surface area (Å²) in [5.41, 5.74) is 0.581. The second-order valence-corrected chi connectivity index (χ2v) is 5.32. The van der Waals surface area contributed by atoms with E-state index in [0.717, 1.165) is 6.42 Å². The normalized spacial score (nSPS) is 28.1. The molecule has 1 rings (SSSR count). The minimum atomic E-state index is -0.742. The van der Waals surface area contributed by atoms with E-state index in [1.165, 1.54) is 5.57 Å². The molecule has 1 N–H and O–H groups in total. The summed E-state index contributed by atoms with van der Waals surface area (Å²) in [6.07, 6.45) is 6.74. The number of allylic oxidation sites excluding steroid dienone is 2. The molecule has 0 bridgehead atoms. The van der Waals surface area contributed by atoms with E-state index in [1.807, 2.05) is 33.3 Å². The van der Waals surface area contributed by atoms with Crippen LogP contribution < -0.4 is 0 Å². The minimum Gasteiger partial charge on any atom is -0.339 e. The topological polar surface area (TPSA) is 20.2 Å². The lowest BCUT2D eigenvalue weighted by Gasteiger charge is -2.42. The molecule has 0 radical (unpaired) electrons. The highest BCUT2D eigenvalue weighted by molar-refractivity contribution is 5.24. The minimum absolute atomic E-state index is 0.512. The summed E-state index contributed by atoms with van der Waals surface area (Å²) in [4.78, 5) is 0. The summed E-state index contributed by atoms with van der Waals surface area (Å²) in [6, 6.07) is 0. The maximum absolute atomic E-state index is 10.5. The molecule has 0 amide bonds. The SMILES string of the molecule is CC(C)C1=CC=CC(O)([N+](C)(C)C)C1. The number of aliphatic hydroxyl groups is 1. The van der Waals surface area contributed by atoms with Gasteiger partial charge in [-0.3, -0.25) is 4.48 Å².